The van der Waals surface area contributed by atoms with Crippen LogP contribution in [0.25, 0.3) is 27.6 Å². The Morgan fingerprint density at radius 2 is 1.08 bits per heavy atom. The van der Waals surface area contributed by atoms with E-state index in [0.29, 0.717) is 0 Å². The van der Waals surface area contributed by atoms with Gasteiger partial charge in [-0.15, -0.1) is 0 Å². The molecule has 0 atom stereocenters. The zero-order chi connectivity index (χ0) is 16.8. The molecule has 24 heavy (non-hydrogen) atoms. The van der Waals surface area contributed by atoms with Crippen LogP contribution in [0.3, 0.4) is 0 Å². The molecule has 0 unspecified atom stereocenters. The SMILES string of the molecule is C=Cc1ccc(OC)cc1.c1ccc2cc3ccccc3cc2c1. The van der Waals surface area contributed by atoms with Crippen molar-refractivity contribution < 1.29 is 4.74 Å². The Labute approximate surface area is 142 Å². The number of methoxy groups -OCH3 is 1. The van der Waals surface area contributed by atoms with E-state index >= 15 is 0 Å². The Balaban J connectivity index is 0.000000150. The fourth-order valence-electron chi connectivity index (χ4n) is 2.62. The van der Waals surface area contributed by atoms with Gasteiger partial charge in [0.05, 0.1) is 7.11 Å². The summed E-state index contributed by atoms with van der Waals surface area (Å²) in [7, 11) is 1.66. The van der Waals surface area contributed by atoms with Crippen molar-refractivity contribution in [3.8, 4) is 5.75 Å². The highest BCUT2D eigenvalue weighted by atomic mass is 16.5. The maximum absolute atomic E-state index is 4.98. The maximum Gasteiger partial charge on any atom is 0.118 e. The third kappa shape index (κ3) is 3.64. The minimum Gasteiger partial charge on any atom is -0.497 e. The van der Waals surface area contributed by atoms with Crippen molar-refractivity contribution in [1.82, 2.24) is 0 Å². The molecule has 0 amide bonds. The molecule has 0 aliphatic carbocycles. The summed E-state index contributed by atoms with van der Waals surface area (Å²) in [6, 6.07) is 29.2. The molecule has 0 aliphatic heterocycles. The molecule has 4 rings (SSSR count). The summed E-state index contributed by atoms with van der Waals surface area (Å²) in [5, 5.41) is 5.25. The van der Waals surface area contributed by atoms with Gasteiger partial charge in [-0.2, -0.15) is 0 Å². The van der Waals surface area contributed by atoms with Gasteiger partial charge in [-0.25, -0.2) is 0 Å². The van der Waals surface area contributed by atoms with Crippen LogP contribution in [0.1, 0.15) is 5.56 Å². The van der Waals surface area contributed by atoms with E-state index in [1.54, 1.807) is 13.2 Å². The van der Waals surface area contributed by atoms with Gasteiger partial charge in [0.2, 0.25) is 0 Å². The minimum absolute atomic E-state index is 0.880. The van der Waals surface area contributed by atoms with Crippen molar-refractivity contribution >= 4 is 27.6 Å². The number of ether oxygens (including phenoxy) is 1. The average molecular weight is 312 g/mol. The lowest BCUT2D eigenvalue weighted by Gasteiger charge is -2.00. The molecule has 4 aromatic rings. The van der Waals surface area contributed by atoms with Crippen LogP contribution in [-0.2, 0) is 0 Å². The van der Waals surface area contributed by atoms with Crippen LogP contribution in [0, 0.1) is 0 Å². The number of hydrogen-bond acceptors (Lipinski definition) is 1. The predicted molar refractivity (Wildman–Crippen MR) is 105 cm³/mol. The summed E-state index contributed by atoms with van der Waals surface area (Å²) in [5.74, 6) is 0.880. The lowest BCUT2D eigenvalue weighted by atomic mass is 10.0. The van der Waals surface area contributed by atoms with Crippen LogP contribution < -0.4 is 4.74 Å². The van der Waals surface area contributed by atoms with Gasteiger partial charge in [0.1, 0.15) is 5.75 Å². The van der Waals surface area contributed by atoms with Crippen molar-refractivity contribution in [2.75, 3.05) is 7.11 Å². The second-order valence-corrected chi connectivity index (χ2v) is 5.52. The molecule has 1 nitrogen and oxygen atoms in total. The smallest absolute Gasteiger partial charge is 0.118 e. The van der Waals surface area contributed by atoms with Gasteiger partial charge in [-0.05, 0) is 51.4 Å². The van der Waals surface area contributed by atoms with Crippen LogP contribution in [0.5, 0.6) is 5.75 Å². The fraction of sp³-hybridized carbons (Fsp3) is 0.0435. The number of rotatable bonds is 2. The highest BCUT2D eigenvalue weighted by Gasteiger charge is 1.95. The van der Waals surface area contributed by atoms with Gasteiger partial charge in [-0.3, -0.25) is 0 Å². The van der Waals surface area contributed by atoms with Gasteiger partial charge in [-0.1, -0.05) is 73.3 Å². The second kappa shape index (κ2) is 7.47. The van der Waals surface area contributed by atoms with E-state index in [2.05, 4.69) is 67.2 Å². The first-order valence-electron chi connectivity index (χ1n) is 7.94. The molecule has 0 aliphatic rings. The molecule has 0 radical (unpaired) electrons. The molecular formula is C23H20O. The van der Waals surface area contributed by atoms with E-state index in [0.717, 1.165) is 11.3 Å². The molecular weight excluding hydrogens is 292 g/mol. The molecule has 0 saturated carbocycles. The van der Waals surface area contributed by atoms with E-state index < -0.39 is 0 Å². The summed E-state index contributed by atoms with van der Waals surface area (Å²) >= 11 is 0. The van der Waals surface area contributed by atoms with E-state index in [9.17, 15) is 0 Å². The standard InChI is InChI=1S/C14H10.C9H10O/c1-2-6-12-10-14-8-4-3-7-13(14)9-11(12)5-1;1-3-8-4-6-9(10-2)7-5-8/h1-10H;3-7H,1H2,2H3. The molecule has 0 N–H and O–H groups in total. The van der Waals surface area contributed by atoms with Crippen LogP contribution in [0.2, 0.25) is 0 Å². The zero-order valence-electron chi connectivity index (χ0n) is 13.8. The second-order valence-electron chi connectivity index (χ2n) is 5.52. The van der Waals surface area contributed by atoms with Gasteiger partial charge in [0.25, 0.3) is 0 Å². The molecule has 0 saturated heterocycles. The van der Waals surface area contributed by atoms with Crippen molar-refractivity contribution in [3.63, 3.8) is 0 Å². The Morgan fingerprint density at radius 3 is 1.42 bits per heavy atom. The largest absolute Gasteiger partial charge is 0.497 e. The monoisotopic (exact) mass is 312 g/mol. The summed E-state index contributed by atoms with van der Waals surface area (Å²) < 4.78 is 4.98. The molecule has 0 fully saturated rings. The predicted octanol–water partition coefficient (Wildman–Crippen LogP) is 6.33. The lowest BCUT2D eigenvalue weighted by molar-refractivity contribution is 0.415. The normalized spacial score (nSPS) is 10.0. The first-order chi connectivity index (χ1) is 11.8. The van der Waals surface area contributed by atoms with Crippen LogP contribution in [-0.4, -0.2) is 7.11 Å². The molecule has 4 aromatic carbocycles. The van der Waals surface area contributed by atoms with E-state index in [1.807, 2.05) is 24.3 Å². The van der Waals surface area contributed by atoms with Gasteiger partial charge in [0, 0.05) is 0 Å². The quantitative estimate of drug-likeness (QED) is 0.393. The fourth-order valence-corrected chi connectivity index (χ4v) is 2.62. The molecule has 0 heterocycles. The van der Waals surface area contributed by atoms with Crippen molar-refractivity contribution in [3.05, 3.63) is 97.1 Å². The van der Waals surface area contributed by atoms with E-state index in [1.165, 1.54) is 21.5 Å². The lowest BCUT2D eigenvalue weighted by Crippen LogP contribution is -1.80. The third-order valence-electron chi connectivity index (χ3n) is 3.97. The van der Waals surface area contributed by atoms with E-state index in [-0.39, 0.29) is 0 Å². The molecule has 118 valence electrons. The molecule has 1 heteroatoms. The highest BCUT2D eigenvalue weighted by molar-refractivity contribution is 5.98. The molecule has 0 aromatic heterocycles. The zero-order valence-corrected chi connectivity index (χ0v) is 13.8. The maximum atomic E-state index is 4.98. The highest BCUT2D eigenvalue weighted by Crippen LogP contribution is 2.22. The van der Waals surface area contributed by atoms with Crippen molar-refractivity contribution in [2.45, 2.75) is 0 Å². The number of benzene rings is 4. The summed E-state index contributed by atoms with van der Waals surface area (Å²) in [6.07, 6.45) is 1.80. The summed E-state index contributed by atoms with van der Waals surface area (Å²) in [5.41, 5.74) is 1.11. The van der Waals surface area contributed by atoms with Crippen LogP contribution in [0.15, 0.2) is 91.5 Å². The van der Waals surface area contributed by atoms with Crippen molar-refractivity contribution in [2.24, 2.45) is 0 Å². The molecule has 0 spiro atoms. The van der Waals surface area contributed by atoms with Gasteiger partial charge >= 0.3 is 0 Å². The van der Waals surface area contributed by atoms with E-state index in [4.69, 9.17) is 4.74 Å². The minimum atomic E-state index is 0.880. The van der Waals surface area contributed by atoms with Crippen LogP contribution in [0.4, 0.5) is 0 Å². The van der Waals surface area contributed by atoms with Gasteiger partial charge in [0.15, 0.2) is 0 Å². The molecule has 0 bridgehead atoms. The number of hydrogen-bond donors (Lipinski definition) is 0. The Bertz CT molecular complexity index is 847. The average Bonchev–Trinajstić information content (AvgIpc) is 2.67. The first-order valence-corrected chi connectivity index (χ1v) is 7.94. The first kappa shape index (κ1) is 15.8. The Hall–Kier alpha value is -3.06. The Kier molecular flexibility index (Phi) is 4.93. The third-order valence-corrected chi connectivity index (χ3v) is 3.97. The van der Waals surface area contributed by atoms with Gasteiger partial charge < -0.3 is 4.74 Å². The summed E-state index contributed by atoms with van der Waals surface area (Å²) in [4.78, 5) is 0. The number of fused-ring (bicyclic) bond motifs is 2. The topological polar surface area (TPSA) is 9.23 Å². The Morgan fingerprint density at radius 1 is 0.667 bits per heavy atom. The summed E-state index contributed by atoms with van der Waals surface area (Å²) in [6.45, 7) is 3.65. The van der Waals surface area contributed by atoms with Crippen LogP contribution >= 0.6 is 0 Å². The van der Waals surface area contributed by atoms with Crippen molar-refractivity contribution in [1.29, 1.82) is 0 Å².